The van der Waals surface area contributed by atoms with E-state index in [9.17, 15) is 4.79 Å². The first-order valence-corrected chi connectivity index (χ1v) is 7.46. The van der Waals surface area contributed by atoms with Crippen molar-refractivity contribution in [3.63, 3.8) is 0 Å². The smallest absolute Gasteiger partial charge is 0.251 e. The van der Waals surface area contributed by atoms with Crippen LogP contribution in [0.15, 0.2) is 0 Å². The summed E-state index contributed by atoms with van der Waals surface area (Å²) >= 11 is 0. The average Bonchev–Trinajstić information content (AvgIpc) is 2.67. The summed E-state index contributed by atoms with van der Waals surface area (Å²) in [6.07, 6.45) is 2.97. The van der Waals surface area contributed by atoms with E-state index in [-0.39, 0.29) is 12.0 Å². The maximum absolute atomic E-state index is 12.5. The van der Waals surface area contributed by atoms with Gasteiger partial charge in [-0.2, -0.15) is 0 Å². The second-order valence-corrected chi connectivity index (χ2v) is 5.33. The summed E-state index contributed by atoms with van der Waals surface area (Å²) in [5.74, 6) is 0.146. The van der Waals surface area contributed by atoms with Crippen molar-refractivity contribution in [2.24, 2.45) is 0 Å². The number of ether oxygens (including phenoxy) is 2. The molecular weight excluding hydrogens is 244 g/mol. The maximum Gasteiger partial charge on any atom is 0.251 e. The zero-order valence-electron chi connectivity index (χ0n) is 12.1. The van der Waals surface area contributed by atoms with Gasteiger partial charge in [0.25, 0.3) is 5.91 Å². The number of hydrogen-bond donors (Lipinski definition) is 1. The van der Waals surface area contributed by atoms with E-state index in [1.165, 1.54) is 0 Å². The molecule has 0 spiro atoms. The average molecular weight is 270 g/mol. The van der Waals surface area contributed by atoms with E-state index in [0.717, 1.165) is 32.4 Å². The number of carbonyl (C=O) groups excluding carboxylic acids is 1. The Morgan fingerprint density at radius 1 is 1.32 bits per heavy atom. The Hall–Kier alpha value is -0.650. The van der Waals surface area contributed by atoms with Crippen molar-refractivity contribution in [2.75, 3.05) is 32.9 Å². The van der Waals surface area contributed by atoms with E-state index >= 15 is 0 Å². The van der Waals surface area contributed by atoms with Gasteiger partial charge in [-0.05, 0) is 39.7 Å². The second kappa shape index (κ2) is 7.22. The van der Waals surface area contributed by atoms with E-state index in [0.29, 0.717) is 31.9 Å². The van der Waals surface area contributed by atoms with Gasteiger partial charge in [-0.15, -0.1) is 0 Å². The molecule has 0 aromatic carbocycles. The molecule has 2 rings (SSSR count). The Kier molecular flexibility index (Phi) is 5.60. The number of rotatable bonds is 6. The number of carbonyl (C=O) groups is 1. The summed E-state index contributed by atoms with van der Waals surface area (Å²) in [6, 6.07) is 0.767. The summed E-state index contributed by atoms with van der Waals surface area (Å²) < 4.78 is 10.8. The van der Waals surface area contributed by atoms with Crippen molar-refractivity contribution in [2.45, 2.75) is 51.3 Å². The zero-order chi connectivity index (χ0) is 13.7. The molecule has 2 heterocycles. The van der Waals surface area contributed by atoms with E-state index in [1.54, 1.807) is 0 Å². The predicted octanol–water partition coefficient (Wildman–Crippen LogP) is 0.781. The Morgan fingerprint density at radius 3 is 2.89 bits per heavy atom. The Morgan fingerprint density at radius 2 is 2.11 bits per heavy atom. The molecule has 2 aliphatic rings. The molecule has 2 fully saturated rings. The van der Waals surface area contributed by atoms with Crippen LogP contribution in [0.25, 0.3) is 0 Å². The van der Waals surface area contributed by atoms with E-state index < -0.39 is 0 Å². The van der Waals surface area contributed by atoms with Crippen molar-refractivity contribution < 1.29 is 14.3 Å². The SMILES string of the molecule is CCOCCOC(C)C(=O)N1C2CCNCC1CC2. The number of nitrogens with zero attached hydrogens (tertiary/aromatic N) is 1. The first-order valence-electron chi connectivity index (χ1n) is 7.46. The molecule has 0 radical (unpaired) electrons. The highest BCUT2D eigenvalue weighted by Gasteiger charge is 2.39. The highest BCUT2D eigenvalue weighted by Crippen LogP contribution is 2.28. The minimum atomic E-state index is -0.360. The maximum atomic E-state index is 12.5. The van der Waals surface area contributed by atoms with Gasteiger partial charge in [-0.3, -0.25) is 4.79 Å². The van der Waals surface area contributed by atoms with Gasteiger partial charge in [0.05, 0.1) is 13.2 Å². The lowest BCUT2D eigenvalue weighted by Gasteiger charge is -2.30. The summed E-state index contributed by atoms with van der Waals surface area (Å²) in [5.41, 5.74) is 0. The van der Waals surface area contributed by atoms with E-state index in [1.807, 2.05) is 13.8 Å². The van der Waals surface area contributed by atoms with Crippen LogP contribution in [0.5, 0.6) is 0 Å². The minimum absolute atomic E-state index is 0.146. The topological polar surface area (TPSA) is 50.8 Å². The quantitative estimate of drug-likeness (QED) is 0.725. The monoisotopic (exact) mass is 270 g/mol. The van der Waals surface area contributed by atoms with Gasteiger partial charge in [0.15, 0.2) is 0 Å². The van der Waals surface area contributed by atoms with Crippen LogP contribution in [0.1, 0.15) is 33.1 Å². The fraction of sp³-hybridized carbons (Fsp3) is 0.929. The third-order valence-electron chi connectivity index (χ3n) is 4.06. The Balaban J connectivity index is 1.84. The van der Waals surface area contributed by atoms with Crippen LogP contribution in [0, 0.1) is 0 Å². The molecule has 3 unspecified atom stereocenters. The number of hydrogen-bond acceptors (Lipinski definition) is 4. The number of fused-ring (bicyclic) bond motifs is 2. The lowest BCUT2D eigenvalue weighted by molar-refractivity contribution is -0.146. The second-order valence-electron chi connectivity index (χ2n) is 5.33. The summed E-state index contributed by atoms with van der Waals surface area (Å²) in [4.78, 5) is 14.6. The zero-order valence-corrected chi connectivity index (χ0v) is 12.1. The third-order valence-corrected chi connectivity index (χ3v) is 4.06. The van der Waals surface area contributed by atoms with Gasteiger partial charge in [-0.25, -0.2) is 0 Å². The molecule has 1 N–H and O–H groups in total. The van der Waals surface area contributed by atoms with E-state index in [2.05, 4.69) is 10.2 Å². The largest absolute Gasteiger partial charge is 0.379 e. The minimum Gasteiger partial charge on any atom is -0.379 e. The van der Waals surface area contributed by atoms with Crippen molar-refractivity contribution >= 4 is 5.91 Å². The molecule has 19 heavy (non-hydrogen) atoms. The first-order chi connectivity index (χ1) is 9.24. The first kappa shape index (κ1) is 14.8. The number of amides is 1. The molecule has 5 heteroatoms. The molecule has 2 saturated heterocycles. The van der Waals surface area contributed by atoms with Gasteiger partial charge >= 0.3 is 0 Å². The predicted molar refractivity (Wildman–Crippen MR) is 73.0 cm³/mol. The molecule has 5 nitrogen and oxygen atoms in total. The highest BCUT2D eigenvalue weighted by atomic mass is 16.5. The van der Waals surface area contributed by atoms with Crippen molar-refractivity contribution in [3.05, 3.63) is 0 Å². The van der Waals surface area contributed by atoms with Crippen LogP contribution in [-0.4, -0.2) is 61.9 Å². The summed E-state index contributed by atoms with van der Waals surface area (Å²) in [5, 5.41) is 3.41. The molecule has 2 bridgehead atoms. The van der Waals surface area contributed by atoms with Gasteiger partial charge in [0.2, 0.25) is 0 Å². The van der Waals surface area contributed by atoms with Crippen LogP contribution in [0.3, 0.4) is 0 Å². The molecule has 0 aliphatic carbocycles. The van der Waals surface area contributed by atoms with Crippen molar-refractivity contribution in [1.82, 2.24) is 10.2 Å². The van der Waals surface area contributed by atoms with Crippen LogP contribution in [0.4, 0.5) is 0 Å². The van der Waals surface area contributed by atoms with E-state index in [4.69, 9.17) is 9.47 Å². The van der Waals surface area contributed by atoms with Gasteiger partial charge in [0, 0.05) is 25.2 Å². The molecule has 2 aliphatic heterocycles. The van der Waals surface area contributed by atoms with Gasteiger partial charge in [-0.1, -0.05) is 0 Å². The molecule has 1 amide bonds. The Labute approximate surface area is 115 Å². The Bertz CT molecular complexity index is 284. The van der Waals surface area contributed by atoms with Gasteiger partial charge < -0.3 is 19.7 Å². The molecule has 0 aromatic heterocycles. The lowest BCUT2D eigenvalue weighted by atomic mass is 10.1. The highest BCUT2D eigenvalue weighted by molar-refractivity contribution is 5.81. The lowest BCUT2D eigenvalue weighted by Crippen LogP contribution is -2.47. The fourth-order valence-electron chi connectivity index (χ4n) is 3.05. The van der Waals surface area contributed by atoms with Crippen molar-refractivity contribution in [3.8, 4) is 0 Å². The fourth-order valence-corrected chi connectivity index (χ4v) is 3.05. The molecule has 0 saturated carbocycles. The van der Waals surface area contributed by atoms with Crippen molar-refractivity contribution in [1.29, 1.82) is 0 Å². The third kappa shape index (κ3) is 3.68. The van der Waals surface area contributed by atoms with Crippen LogP contribution >= 0.6 is 0 Å². The molecule has 0 aromatic rings. The molecule has 110 valence electrons. The summed E-state index contributed by atoms with van der Waals surface area (Å²) in [7, 11) is 0. The number of nitrogens with one attached hydrogen (secondary N) is 1. The van der Waals surface area contributed by atoms with Crippen LogP contribution in [-0.2, 0) is 14.3 Å². The van der Waals surface area contributed by atoms with Gasteiger partial charge in [0.1, 0.15) is 6.10 Å². The molecular formula is C14H26N2O3. The normalized spacial score (nSPS) is 28.2. The van der Waals surface area contributed by atoms with Crippen LogP contribution < -0.4 is 5.32 Å². The standard InChI is InChI=1S/C14H26N2O3/c1-3-18-8-9-19-11(2)14(17)16-12-4-5-13(16)10-15-7-6-12/h11-13,15H,3-10H2,1-2H3. The van der Waals surface area contributed by atoms with Crippen LogP contribution in [0.2, 0.25) is 0 Å². The summed E-state index contributed by atoms with van der Waals surface area (Å²) in [6.45, 7) is 7.49. The molecule has 3 atom stereocenters.